The lowest BCUT2D eigenvalue weighted by Gasteiger charge is -2.12. The molecule has 4 heteroatoms. The first-order valence-electron chi connectivity index (χ1n) is 11.7. The second-order valence-corrected chi connectivity index (χ2v) is 10.9. The molecule has 0 fully saturated rings. The number of nitrogens with one attached hydrogen (secondary N) is 1. The van der Waals surface area contributed by atoms with Crippen molar-refractivity contribution in [2.75, 3.05) is 12.7 Å². The standard InChI is InChI=1S/C26H40NO2P/c1-2-3-4-5-6-7-9-13-24-16-18-25(19-17-24)22-27-20-12-21-30(28,29)23-26-14-10-8-11-15-26/h8,10-11,14-19,27H,2-7,9,12-13,20-23H2,1H3,(H,28,29). The summed E-state index contributed by atoms with van der Waals surface area (Å²) in [5.74, 6) is 0. The molecule has 30 heavy (non-hydrogen) atoms. The van der Waals surface area contributed by atoms with Crippen LogP contribution in [-0.4, -0.2) is 17.6 Å². The SMILES string of the molecule is CCCCCCCCCc1ccc(CNCCCP(=O)(O)Cc2ccccc2)cc1. The third-order valence-corrected chi connectivity index (χ3v) is 7.43. The van der Waals surface area contributed by atoms with Crippen molar-refractivity contribution in [3.05, 3.63) is 71.3 Å². The molecule has 0 aliphatic carbocycles. The van der Waals surface area contributed by atoms with Crippen LogP contribution in [0.15, 0.2) is 54.6 Å². The van der Waals surface area contributed by atoms with Gasteiger partial charge in [0.05, 0.1) is 0 Å². The lowest BCUT2D eigenvalue weighted by atomic mass is 10.0. The summed E-state index contributed by atoms with van der Waals surface area (Å²) in [7, 11) is -3.10. The van der Waals surface area contributed by atoms with E-state index in [1.54, 1.807) is 0 Å². The summed E-state index contributed by atoms with van der Waals surface area (Å²) in [5, 5.41) is 3.40. The normalized spacial score (nSPS) is 13.3. The molecule has 1 unspecified atom stereocenters. The van der Waals surface area contributed by atoms with Gasteiger partial charge in [-0.05, 0) is 42.5 Å². The summed E-state index contributed by atoms with van der Waals surface area (Å²) in [5.41, 5.74) is 3.64. The van der Waals surface area contributed by atoms with Gasteiger partial charge in [0.2, 0.25) is 7.37 Å². The van der Waals surface area contributed by atoms with Crippen LogP contribution in [0.5, 0.6) is 0 Å². The first-order valence-corrected chi connectivity index (χ1v) is 13.8. The number of aryl methyl sites for hydroxylation is 1. The number of benzene rings is 2. The van der Waals surface area contributed by atoms with Crippen LogP contribution in [0.3, 0.4) is 0 Å². The molecule has 166 valence electrons. The van der Waals surface area contributed by atoms with Crippen LogP contribution in [0.4, 0.5) is 0 Å². The molecule has 2 aromatic carbocycles. The van der Waals surface area contributed by atoms with Gasteiger partial charge in [-0.25, -0.2) is 0 Å². The van der Waals surface area contributed by atoms with E-state index < -0.39 is 7.37 Å². The molecule has 0 saturated carbocycles. The van der Waals surface area contributed by atoms with E-state index >= 15 is 0 Å². The van der Waals surface area contributed by atoms with E-state index in [2.05, 4.69) is 36.5 Å². The predicted molar refractivity (Wildman–Crippen MR) is 129 cm³/mol. The van der Waals surface area contributed by atoms with Crippen molar-refractivity contribution in [3.63, 3.8) is 0 Å². The summed E-state index contributed by atoms with van der Waals surface area (Å²) < 4.78 is 12.4. The predicted octanol–water partition coefficient (Wildman–Crippen LogP) is 6.93. The van der Waals surface area contributed by atoms with E-state index in [1.165, 1.54) is 62.5 Å². The number of rotatable bonds is 16. The molecule has 1 atom stereocenters. The summed E-state index contributed by atoms with van der Waals surface area (Å²) in [6, 6.07) is 18.5. The molecule has 0 bridgehead atoms. The topological polar surface area (TPSA) is 49.3 Å². The molecule has 0 aliphatic heterocycles. The Morgan fingerprint density at radius 2 is 1.40 bits per heavy atom. The molecule has 0 amide bonds. The zero-order valence-electron chi connectivity index (χ0n) is 18.7. The van der Waals surface area contributed by atoms with Crippen molar-refractivity contribution in [1.82, 2.24) is 5.32 Å². The number of hydrogen-bond acceptors (Lipinski definition) is 2. The van der Waals surface area contributed by atoms with E-state index in [0.717, 1.165) is 25.1 Å². The minimum Gasteiger partial charge on any atom is -0.344 e. The highest BCUT2D eigenvalue weighted by molar-refractivity contribution is 7.57. The fourth-order valence-electron chi connectivity index (χ4n) is 3.74. The van der Waals surface area contributed by atoms with Crippen LogP contribution < -0.4 is 5.32 Å². The molecule has 2 aromatic rings. The highest BCUT2D eigenvalue weighted by Crippen LogP contribution is 2.44. The first kappa shape index (κ1) is 24.9. The largest absolute Gasteiger partial charge is 0.344 e. The van der Waals surface area contributed by atoms with Crippen LogP contribution in [-0.2, 0) is 23.7 Å². The van der Waals surface area contributed by atoms with E-state index in [4.69, 9.17) is 0 Å². The highest BCUT2D eigenvalue weighted by Gasteiger charge is 2.17. The van der Waals surface area contributed by atoms with E-state index in [-0.39, 0.29) is 6.16 Å². The Hall–Kier alpha value is -1.41. The third-order valence-electron chi connectivity index (χ3n) is 5.55. The van der Waals surface area contributed by atoms with Crippen LogP contribution in [0.1, 0.15) is 75.0 Å². The Bertz CT molecular complexity index is 730. The van der Waals surface area contributed by atoms with Crippen molar-refractivity contribution < 1.29 is 9.46 Å². The molecule has 0 saturated heterocycles. The monoisotopic (exact) mass is 429 g/mol. The van der Waals surface area contributed by atoms with E-state index in [1.807, 2.05) is 30.3 Å². The Morgan fingerprint density at radius 1 is 0.767 bits per heavy atom. The fraction of sp³-hybridized carbons (Fsp3) is 0.538. The molecular weight excluding hydrogens is 389 g/mol. The molecule has 2 N–H and O–H groups in total. The maximum Gasteiger partial charge on any atom is 0.204 e. The molecule has 0 heterocycles. The van der Waals surface area contributed by atoms with Gasteiger partial charge in [-0.1, -0.05) is 100 Å². The Morgan fingerprint density at radius 3 is 2.10 bits per heavy atom. The zero-order chi connectivity index (χ0) is 21.5. The molecule has 2 rings (SSSR count). The smallest absolute Gasteiger partial charge is 0.204 e. The quantitative estimate of drug-likeness (QED) is 0.225. The first-order chi connectivity index (χ1) is 14.6. The number of hydrogen-bond donors (Lipinski definition) is 2. The van der Waals surface area contributed by atoms with Gasteiger partial charge in [-0.2, -0.15) is 0 Å². The average Bonchev–Trinajstić information content (AvgIpc) is 2.74. The van der Waals surface area contributed by atoms with Crippen LogP contribution in [0, 0.1) is 0 Å². The van der Waals surface area contributed by atoms with E-state index in [9.17, 15) is 9.46 Å². The van der Waals surface area contributed by atoms with Crippen molar-refractivity contribution in [3.8, 4) is 0 Å². The Kier molecular flexibility index (Phi) is 12.1. The van der Waals surface area contributed by atoms with Crippen molar-refractivity contribution in [1.29, 1.82) is 0 Å². The van der Waals surface area contributed by atoms with Gasteiger partial charge in [0.15, 0.2) is 0 Å². The van der Waals surface area contributed by atoms with Gasteiger partial charge in [-0.3, -0.25) is 4.57 Å². The minimum absolute atomic E-state index is 0.272. The average molecular weight is 430 g/mol. The second-order valence-electron chi connectivity index (χ2n) is 8.43. The summed E-state index contributed by atoms with van der Waals surface area (Å²) in [4.78, 5) is 10.2. The van der Waals surface area contributed by atoms with Crippen LogP contribution >= 0.6 is 7.37 Å². The molecule has 0 aromatic heterocycles. The van der Waals surface area contributed by atoms with Crippen LogP contribution in [0.25, 0.3) is 0 Å². The second kappa shape index (κ2) is 14.6. The molecule has 0 spiro atoms. The van der Waals surface area contributed by atoms with Gasteiger partial charge in [0.1, 0.15) is 0 Å². The van der Waals surface area contributed by atoms with Crippen molar-refractivity contribution in [2.45, 2.75) is 77.4 Å². The van der Waals surface area contributed by atoms with Crippen molar-refractivity contribution in [2.24, 2.45) is 0 Å². The van der Waals surface area contributed by atoms with Gasteiger partial charge in [0.25, 0.3) is 0 Å². The summed E-state index contributed by atoms with van der Waals surface area (Å²) in [6.07, 6.45) is 12.0. The van der Waals surface area contributed by atoms with Gasteiger partial charge >= 0.3 is 0 Å². The fourth-order valence-corrected chi connectivity index (χ4v) is 5.33. The van der Waals surface area contributed by atoms with Crippen molar-refractivity contribution >= 4 is 7.37 Å². The summed E-state index contributed by atoms with van der Waals surface area (Å²) >= 11 is 0. The minimum atomic E-state index is -3.10. The molecular formula is C26H40NO2P. The Balaban J connectivity index is 1.55. The lowest BCUT2D eigenvalue weighted by Crippen LogP contribution is -2.16. The Labute approximate surface area is 183 Å². The molecule has 0 aliphatic rings. The van der Waals surface area contributed by atoms with E-state index in [0.29, 0.717) is 6.16 Å². The highest BCUT2D eigenvalue weighted by atomic mass is 31.2. The summed E-state index contributed by atoms with van der Waals surface area (Å²) in [6.45, 7) is 3.84. The molecule has 3 nitrogen and oxygen atoms in total. The maximum atomic E-state index is 12.4. The maximum absolute atomic E-state index is 12.4. The third kappa shape index (κ3) is 11.1. The zero-order valence-corrected chi connectivity index (χ0v) is 19.6. The van der Waals surface area contributed by atoms with Gasteiger partial charge < -0.3 is 10.2 Å². The van der Waals surface area contributed by atoms with Crippen LogP contribution in [0.2, 0.25) is 0 Å². The van der Waals surface area contributed by atoms with Gasteiger partial charge in [-0.15, -0.1) is 0 Å². The molecule has 0 radical (unpaired) electrons. The van der Waals surface area contributed by atoms with Gasteiger partial charge in [0, 0.05) is 18.9 Å². The lowest BCUT2D eigenvalue weighted by molar-refractivity contribution is 0.473. The number of unbranched alkanes of at least 4 members (excludes halogenated alkanes) is 6.